The van der Waals surface area contributed by atoms with Gasteiger partial charge in [0.2, 0.25) is 11.8 Å². The van der Waals surface area contributed by atoms with Gasteiger partial charge in [0.15, 0.2) is 6.61 Å². The molecule has 2 aromatic carbocycles. The topological polar surface area (TPSA) is 118 Å². The number of rotatable bonds is 6. The Morgan fingerprint density at radius 1 is 1.06 bits per heavy atom. The number of imide groups is 1. The summed E-state index contributed by atoms with van der Waals surface area (Å²) in [5.74, 6) is -1.30. The van der Waals surface area contributed by atoms with Gasteiger partial charge in [0.1, 0.15) is 17.9 Å². The van der Waals surface area contributed by atoms with Crippen molar-refractivity contribution < 1.29 is 28.7 Å². The van der Waals surface area contributed by atoms with Crippen LogP contribution in [0.2, 0.25) is 0 Å². The molecule has 9 heteroatoms. The van der Waals surface area contributed by atoms with E-state index in [9.17, 15) is 14.4 Å². The number of carbonyl (C=O) groups is 3. The standard InChI is InChI=1S/C27H23N3O6/c1-2-34-27(33)15-3-7-16(8-4-15)30-25(31)20-18-13-19(21(20)26(30)32)24-22(18)23(29-36-24)14-5-9-17(10-6-14)35-12-11-28/h3-10,18-22,24H,2,12-13H2,1H3/t18-,19-,20+,21-,22-,24+/m0/s1. The Labute approximate surface area is 207 Å². The Bertz CT molecular complexity index is 1310. The zero-order chi connectivity index (χ0) is 25.0. The second kappa shape index (κ2) is 8.48. The van der Waals surface area contributed by atoms with E-state index in [-0.39, 0.29) is 48.9 Å². The zero-order valence-electron chi connectivity index (χ0n) is 19.5. The highest BCUT2D eigenvalue weighted by molar-refractivity contribution is 6.23. The molecule has 36 heavy (non-hydrogen) atoms. The van der Waals surface area contributed by atoms with Gasteiger partial charge in [0.05, 0.1) is 35.4 Å². The molecule has 182 valence electrons. The molecule has 9 nitrogen and oxygen atoms in total. The van der Waals surface area contributed by atoms with Gasteiger partial charge in [0.25, 0.3) is 0 Å². The highest BCUT2D eigenvalue weighted by Crippen LogP contribution is 2.62. The number of carbonyl (C=O) groups excluding carboxylic acids is 3. The van der Waals surface area contributed by atoms with Crippen LogP contribution in [0.1, 0.15) is 29.3 Å². The molecule has 2 aliphatic heterocycles. The number of fused-ring (bicyclic) bond motifs is 8. The molecule has 1 saturated heterocycles. The first-order chi connectivity index (χ1) is 17.5. The number of esters is 1. The van der Waals surface area contributed by atoms with Crippen LogP contribution in [0.15, 0.2) is 53.7 Å². The lowest BCUT2D eigenvalue weighted by Crippen LogP contribution is -2.41. The van der Waals surface area contributed by atoms with Gasteiger partial charge in [-0.3, -0.25) is 14.5 Å². The van der Waals surface area contributed by atoms with Crippen molar-refractivity contribution in [1.82, 2.24) is 0 Å². The van der Waals surface area contributed by atoms with Gasteiger partial charge in [-0.25, -0.2) is 4.79 Å². The average Bonchev–Trinajstić information content (AvgIpc) is 3.64. The molecular weight excluding hydrogens is 462 g/mol. The number of ether oxygens (including phenoxy) is 2. The van der Waals surface area contributed by atoms with E-state index in [1.54, 1.807) is 43.3 Å². The van der Waals surface area contributed by atoms with Crippen molar-refractivity contribution in [3.63, 3.8) is 0 Å². The third-order valence-electron chi connectivity index (χ3n) is 7.78. The van der Waals surface area contributed by atoms with Gasteiger partial charge in [-0.15, -0.1) is 0 Å². The van der Waals surface area contributed by atoms with E-state index in [4.69, 9.17) is 19.6 Å². The maximum Gasteiger partial charge on any atom is 0.338 e. The molecule has 3 fully saturated rings. The molecule has 0 N–H and O–H groups in total. The van der Waals surface area contributed by atoms with Crippen molar-refractivity contribution in [2.45, 2.75) is 19.4 Å². The van der Waals surface area contributed by atoms with Crippen molar-refractivity contribution in [2.24, 2.45) is 34.7 Å². The van der Waals surface area contributed by atoms with E-state index in [1.165, 1.54) is 4.90 Å². The minimum absolute atomic E-state index is 0.0287. The van der Waals surface area contributed by atoms with E-state index in [0.717, 1.165) is 17.7 Å². The fraction of sp³-hybridized carbons (Fsp3) is 0.370. The largest absolute Gasteiger partial charge is 0.479 e. The van der Waals surface area contributed by atoms with Gasteiger partial charge in [-0.05, 0) is 67.8 Å². The van der Waals surface area contributed by atoms with Gasteiger partial charge in [-0.1, -0.05) is 5.16 Å². The molecule has 2 heterocycles. The summed E-state index contributed by atoms with van der Waals surface area (Å²) in [4.78, 5) is 46.1. The lowest BCUT2D eigenvalue weighted by atomic mass is 9.71. The van der Waals surface area contributed by atoms with Crippen molar-refractivity contribution in [1.29, 1.82) is 5.26 Å². The maximum atomic E-state index is 13.6. The number of nitriles is 1. The molecule has 0 aromatic heterocycles. The van der Waals surface area contributed by atoms with E-state index in [2.05, 4.69) is 5.16 Å². The van der Waals surface area contributed by atoms with Crippen LogP contribution in [0.5, 0.6) is 5.75 Å². The lowest BCUT2D eigenvalue weighted by molar-refractivity contribution is -0.125. The Morgan fingerprint density at radius 3 is 2.42 bits per heavy atom. The first kappa shape index (κ1) is 22.3. The molecule has 2 bridgehead atoms. The first-order valence-electron chi connectivity index (χ1n) is 12.0. The summed E-state index contributed by atoms with van der Waals surface area (Å²) in [5, 5.41) is 13.1. The normalized spacial score (nSPS) is 29.3. The molecule has 6 atom stereocenters. The van der Waals surface area contributed by atoms with Crippen LogP contribution >= 0.6 is 0 Å². The van der Waals surface area contributed by atoms with Crippen molar-refractivity contribution in [3.05, 3.63) is 59.7 Å². The molecule has 2 aliphatic carbocycles. The highest BCUT2D eigenvalue weighted by atomic mass is 16.6. The number of oxime groups is 1. The number of anilines is 1. The summed E-state index contributed by atoms with van der Waals surface area (Å²) in [5.41, 5.74) is 2.49. The zero-order valence-corrected chi connectivity index (χ0v) is 19.5. The number of amides is 2. The fourth-order valence-corrected chi connectivity index (χ4v) is 6.42. The van der Waals surface area contributed by atoms with Crippen LogP contribution in [-0.4, -0.2) is 42.8 Å². The van der Waals surface area contributed by atoms with Crippen LogP contribution in [0, 0.1) is 40.9 Å². The quantitative estimate of drug-likeness (QED) is 0.456. The molecule has 0 spiro atoms. The molecule has 2 aromatic rings. The van der Waals surface area contributed by atoms with E-state index < -0.39 is 17.8 Å². The summed E-state index contributed by atoms with van der Waals surface area (Å²) in [6.45, 7) is 1.97. The number of hydrogen-bond acceptors (Lipinski definition) is 8. The molecule has 2 saturated carbocycles. The Kier molecular flexibility index (Phi) is 5.25. The van der Waals surface area contributed by atoms with E-state index in [1.807, 2.05) is 18.2 Å². The molecule has 0 radical (unpaired) electrons. The summed E-state index contributed by atoms with van der Waals surface area (Å²) >= 11 is 0. The Balaban J connectivity index is 1.24. The smallest absolute Gasteiger partial charge is 0.338 e. The van der Waals surface area contributed by atoms with Gasteiger partial charge >= 0.3 is 5.97 Å². The van der Waals surface area contributed by atoms with E-state index in [0.29, 0.717) is 17.0 Å². The maximum absolute atomic E-state index is 13.6. The van der Waals surface area contributed by atoms with Crippen LogP contribution in [-0.2, 0) is 19.2 Å². The minimum Gasteiger partial charge on any atom is -0.479 e. The Morgan fingerprint density at radius 2 is 1.75 bits per heavy atom. The lowest BCUT2D eigenvalue weighted by Gasteiger charge is -2.29. The molecule has 2 amide bonds. The molecule has 6 rings (SSSR count). The predicted molar refractivity (Wildman–Crippen MR) is 126 cm³/mol. The van der Waals surface area contributed by atoms with Crippen LogP contribution in [0.25, 0.3) is 0 Å². The molecular formula is C27H23N3O6. The third kappa shape index (κ3) is 3.21. The SMILES string of the molecule is CCOC(=O)c1ccc(N2C(=O)[C@@H]3[C@@H]4C[C@H]([C@H]5ON=C(c6ccc(OCC#N)cc6)[C@H]45)[C@@H]3C2=O)cc1. The first-order valence-corrected chi connectivity index (χ1v) is 12.0. The monoisotopic (exact) mass is 485 g/mol. The van der Waals surface area contributed by atoms with Gasteiger partial charge in [-0.2, -0.15) is 5.26 Å². The van der Waals surface area contributed by atoms with Crippen molar-refractivity contribution in [2.75, 3.05) is 18.1 Å². The van der Waals surface area contributed by atoms with Gasteiger partial charge in [0, 0.05) is 17.4 Å². The average molecular weight is 485 g/mol. The molecule has 0 unspecified atom stereocenters. The second-order valence-corrected chi connectivity index (χ2v) is 9.44. The summed E-state index contributed by atoms with van der Waals surface area (Å²) in [6, 6.07) is 15.6. The fourth-order valence-electron chi connectivity index (χ4n) is 6.42. The predicted octanol–water partition coefficient (Wildman–Crippen LogP) is 2.94. The Hall–Kier alpha value is -4.19. The van der Waals surface area contributed by atoms with Crippen LogP contribution in [0.4, 0.5) is 5.69 Å². The third-order valence-corrected chi connectivity index (χ3v) is 7.78. The van der Waals surface area contributed by atoms with Crippen LogP contribution < -0.4 is 9.64 Å². The second-order valence-electron chi connectivity index (χ2n) is 9.44. The van der Waals surface area contributed by atoms with Crippen molar-refractivity contribution in [3.8, 4) is 11.8 Å². The summed E-state index contributed by atoms with van der Waals surface area (Å²) in [7, 11) is 0. The summed E-state index contributed by atoms with van der Waals surface area (Å²) < 4.78 is 10.3. The van der Waals surface area contributed by atoms with Crippen molar-refractivity contribution >= 4 is 29.2 Å². The number of benzene rings is 2. The minimum atomic E-state index is -0.445. The number of nitrogens with zero attached hydrogens (tertiary/aromatic N) is 3. The summed E-state index contributed by atoms with van der Waals surface area (Å²) in [6.07, 6.45) is 0.517. The van der Waals surface area contributed by atoms with Crippen LogP contribution in [0.3, 0.4) is 0 Å². The molecule has 4 aliphatic rings. The highest BCUT2D eigenvalue weighted by Gasteiger charge is 2.70. The number of hydrogen-bond donors (Lipinski definition) is 0. The van der Waals surface area contributed by atoms with Gasteiger partial charge < -0.3 is 14.3 Å². The van der Waals surface area contributed by atoms with E-state index >= 15 is 0 Å².